The Hall–Kier alpha value is -1.22. The van der Waals surface area contributed by atoms with Gasteiger partial charge < -0.3 is 14.8 Å². The van der Waals surface area contributed by atoms with Gasteiger partial charge in [-0.1, -0.05) is 13.0 Å². The summed E-state index contributed by atoms with van der Waals surface area (Å²) < 4.78 is 11.4. The van der Waals surface area contributed by atoms with Crippen LogP contribution in [-0.2, 0) is 0 Å². The van der Waals surface area contributed by atoms with Gasteiger partial charge in [-0.25, -0.2) is 0 Å². The molecular weight excluding hydrogens is 226 g/mol. The fourth-order valence-corrected chi connectivity index (χ4v) is 2.52. The molecule has 0 amide bonds. The maximum Gasteiger partial charge on any atom is 0.166 e. The van der Waals surface area contributed by atoms with Crippen LogP contribution in [-0.4, -0.2) is 19.8 Å². The van der Waals surface area contributed by atoms with Crippen LogP contribution < -0.4 is 14.8 Å². The zero-order valence-corrected chi connectivity index (χ0v) is 11.7. The van der Waals surface area contributed by atoms with Crippen molar-refractivity contribution in [3.05, 3.63) is 23.3 Å². The van der Waals surface area contributed by atoms with Gasteiger partial charge in [-0.3, -0.25) is 0 Å². The summed E-state index contributed by atoms with van der Waals surface area (Å²) in [5, 5.41) is 3.60. The molecule has 0 aliphatic carbocycles. The summed E-state index contributed by atoms with van der Waals surface area (Å²) in [7, 11) is 1.70. The first-order valence-electron chi connectivity index (χ1n) is 6.74. The summed E-state index contributed by atoms with van der Waals surface area (Å²) in [4.78, 5) is 0. The number of ether oxygens (including phenoxy) is 2. The van der Waals surface area contributed by atoms with Crippen LogP contribution in [0.15, 0.2) is 12.1 Å². The largest absolute Gasteiger partial charge is 0.493 e. The highest BCUT2D eigenvalue weighted by Crippen LogP contribution is 2.42. The first kappa shape index (κ1) is 13.2. The van der Waals surface area contributed by atoms with E-state index in [1.807, 2.05) is 6.07 Å². The van der Waals surface area contributed by atoms with Crippen molar-refractivity contribution < 1.29 is 9.47 Å². The van der Waals surface area contributed by atoms with E-state index in [0.29, 0.717) is 6.04 Å². The van der Waals surface area contributed by atoms with Crippen molar-refractivity contribution in [1.29, 1.82) is 0 Å². The van der Waals surface area contributed by atoms with E-state index in [2.05, 4.69) is 32.2 Å². The van der Waals surface area contributed by atoms with E-state index in [1.165, 1.54) is 11.1 Å². The minimum atomic E-state index is 0.225. The van der Waals surface area contributed by atoms with Crippen LogP contribution in [0.1, 0.15) is 43.9 Å². The molecular formula is C15H23NO2. The molecule has 0 saturated heterocycles. The molecule has 3 heteroatoms. The van der Waals surface area contributed by atoms with Gasteiger partial charge in [-0.05, 0) is 38.4 Å². The average Bonchev–Trinajstić information content (AvgIpc) is 2.35. The Kier molecular flexibility index (Phi) is 4.12. The summed E-state index contributed by atoms with van der Waals surface area (Å²) in [5.74, 6) is 1.76. The molecule has 0 saturated carbocycles. The molecule has 1 aromatic rings. The number of nitrogens with one attached hydrogen (secondary N) is 1. The highest BCUT2D eigenvalue weighted by Gasteiger charge is 2.28. The van der Waals surface area contributed by atoms with Crippen LogP contribution in [0.25, 0.3) is 0 Å². The van der Waals surface area contributed by atoms with Crippen molar-refractivity contribution in [3.63, 3.8) is 0 Å². The third-order valence-corrected chi connectivity index (χ3v) is 3.35. The lowest BCUT2D eigenvalue weighted by Gasteiger charge is -2.32. The van der Waals surface area contributed by atoms with Crippen LogP contribution in [0.4, 0.5) is 0 Å². The minimum absolute atomic E-state index is 0.225. The van der Waals surface area contributed by atoms with E-state index in [9.17, 15) is 0 Å². The van der Waals surface area contributed by atoms with Gasteiger partial charge in [0.2, 0.25) is 0 Å². The maximum atomic E-state index is 5.95. The lowest BCUT2D eigenvalue weighted by Crippen LogP contribution is -2.32. The van der Waals surface area contributed by atoms with Gasteiger partial charge in [-0.2, -0.15) is 0 Å². The van der Waals surface area contributed by atoms with E-state index in [0.717, 1.165) is 30.9 Å². The number of methoxy groups -OCH3 is 1. The normalized spacial score (nSPS) is 22.2. The van der Waals surface area contributed by atoms with Crippen LogP contribution in [0.5, 0.6) is 11.5 Å². The van der Waals surface area contributed by atoms with Gasteiger partial charge >= 0.3 is 0 Å². The van der Waals surface area contributed by atoms with E-state index in [1.54, 1.807) is 7.11 Å². The highest BCUT2D eigenvalue weighted by atomic mass is 16.5. The van der Waals surface area contributed by atoms with Crippen molar-refractivity contribution in [2.24, 2.45) is 0 Å². The number of benzene rings is 1. The third kappa shape index (κ3) is 2.61. The molecule has 1 aromatic carbocycles. The Labute approximate surface area is 109 Å². The molecule has 0 aromatic heterocycles. The van der Waals surface area contributed by atoms with E-state index in [-0.39, 0.29) is 6.10 Å². The minimum Gasteiger partial charge on any atom is -0.493 e. The van der Waals surface area contributed by atoms with Crippen LogP contribution in [0, 0.1) is 6.92 Å². The topological polar surface area (TPSA) is 30.5 Å². The summed E-state index contributed by atoms with van der Waals surface area (Å²) in [6, 6.07) is 4.61. The molecule has 100 valence electrons. The van der Waals surface area contributed by atoms with Crippen LogP contribution in [0.2, 0.25) is 0 Å². The quantitative estimate of drug-likeness (QED) is 0.888. The van der Waals surface area contributed by atoms with Crippen LogP contribution >= 0.6 is 0 Å². The van der Waals surface area contributed by atoms with Crippen molar-refractivity contribution in [1.82, 2.24) is 5.32 Å². The molecule has 0 spiro atoms. The molecule has 2 unspecified atom stereocenters. The molecule has 0 bridgehead atoms. The molecule has 1 heterocycles. The summed E-state index contributed by atoms with van der Waals surface area (Å²) in [5.41, 5.74) is 2.45. The molecule has 2 atom stereocenters. The van der Waals surface area contributed by atoms with Gasteiger partial charge in [0.25, 0.3) is 0 Å². The lowest BCUT2D eigenvalue weighted by atomic mass is 9.95. The maximum absolute atomic E-state index is 5.95. The smallest absolute Gasteiger partial charge is 0.166 e. The number of fused-ring (bicyclic) bond motifs is 1. The summed E-state index contributed by atoms with van der Waals surface area (Å²) in [6.45, 7) is 7.43. The summed E-state index contributed by atoms with van der Waals surface area (Å²) in [6.07, 6.45) is 2.38. The zero-order chi connectivity index (χ0) is 13.1. The highest BCUT2D eigenvalue weighted by molar-refractivity contribution is 5.51. The number of rotatable bonds is 4. The molecule has 0 radical (unpaired) electrons. The van der Waals surface area contributed by atoms with Crippen molar-refractivity contribution in [2.75, 3.05) is 13.7 Å². The number of hydrogen-bond donors (Lipinski definition) is 1. The molecule has 2 rings (SSSR count). The van der Waals surface area contributed by atoms with Crippen molar-refractivity contribution in [2.45, 2.75) is 45.8 Å². The van der Waals surface area contributed by atoms with Crippen molar-refractivity contribution >= 4 is 0 Å². The first-order chi connectivity index (χ1) is 8.65. The second-order valence-electron chi connectivity index (χ2n) is 5.06. The number of aryl methyl sites for hydroxylation is 1. The molecule has 18 heavy (non-hydrogen) atoms. The second-order valence-corrected chi connectivity index (χ2v) is 5.06. The Morgan fingerprint density at radius 2 is 2.22 bits per heavy atom. The van der Waals surface area contributed by atoms with Gasteiger partial charge in [0.05, 0.1) is 13.2 Å². The van der Waals surface area contributed by atoms with Gasteiger partial charge in [-0.15, -0.1) is 0 Å². The Balaban J connectivity index is 2.37. The fourth-order valence-electron chi connectivity index (χ4n) is 2.52. The fraction of sp³-hybridized carbons (Fsp3) is 0.600. The first-order valence-corrected chi connectivity index (χ1v) is 6.74. The molecule has 1 aliphatic rings. The third-order valence-electron chi connectivity index (χ3n) is 3.35. The Morgan fingerprint density at radius 1 is 1.44 bits per heavy atom. The molecule has 1 N–H and O–H groups in total. The van der Waals surface area contributed by atoms with E-state index < -0.39 is 0 Å². The van der Waals surface area contributed by atoms with Crippen LogP contribution in [0.3, 0.4) is 0 Å². The Morgan fingerprint density at radius 3 is 2.89 bits per heavy atom. The van der Waals surface area contributed by atoms with Gasteiger partial charge in [0.15, 0.2) is 11.5 Å². The average molecular weight is 249 g/mol. The van der Waals surface area contributed by atoms with Gasteiger partial charge in [0, 0.05) is 18.0 Å². The van der Waals surface area contributed by atoms with Gasteiger partial charge in [0.1, 0.15) is 0 Å². The number of hydrogen-bond acceptors (Lipinski definition) is 3. The molecule has 0 fully saturated rings. The molecule has 1 aliphatic heterocycles. The van der Waals surface area contributed by atoms with E-state index in [4.69, 9.17) is 9.47 Å². The Bertz CT molecular complexity index is 417. The lowest BCUT2D eigenvalue weighted by molar-refractivity contribution is 0.159. The standard InChI is InChI=1S/C15H23NO2/c1-5-6-16-13-9-11(3)18-15-12(13)7-10(2)8-14(15)17-4/h7-8,11,13,16H,5-6,9H2,1-4H3. The van der Waals surface area contributed by atoms with Crippen molar-refractivity contribution in [3.8, 4) is 11.5 Å². The SMILES string of the molecule is CCCNC1CC(C)Oc2c(OC)cc(C)cc21. The predicted molar refractivity (Wildman–Crippen MR) is 73.5 cm³/mol. The zero-order valence-electron chi connectivity index (χ0n) is 11.7. The molecule has 3 nitrogen and oxygen atoms in total. The second kappa shape index (κ2) is 5.61. The predicted octanol–water partition coefficient (Wildman–Crippen LogP) is 3.22. The summed E-state index contributed by atoms with van der Waals surface area (Å²) >= 11 is 0. The monoisotopic (exact) mass is 249 g/mol. The van der Waals surface area contributed by atoms with E-state index >= 15 is 0 Å².